The fourth-order valence-corrected chi connectivity index (χ4v) is 3.63. The quantitative estimate of drug-likeness (QED) is 0.349. The summed E-state index contributed by atoms with van der Waals surface area (Å²) in [4.78, 5) is 0.312. The van der Waals surface area contributed by atoms with Crippen LogP contribution in [0.5, 0.6) is 0 Å². The highest BCUT2D eigenvalue weighted by Gasteiger charge is 2.06. The molecule has 0 aliphatic carbocycles. The Balaban J connectivity index is 2.05. The first kappa shape index (κ1) is 22.9. The highest BCUT2D eigenvalue weighted by atomic mass is 32.2. The second-order valence-electron chi connectivity index (χ2n) is 6.86. The Morgan fingerprint density at radius 2 is 1.38 bits per heavy atom. The van der Waals surface area contributed by atoms with Crippen molar-refractivity contribution in [1.29, 1.82) is 0 Å². The molecule has 0 spiro atoms. The maximum Gasteiger partial charge on any atom is 0.175 e. The Hall–Kier alpha value is -1.14. The number of hydrogen-bond acceptors (Lipinski definition) is 3. The molecule has 6 heteroatoms. The summed E-state index contributed by atoms with van der Waals surface area (Å²) in [5.41, 5.74) is 0.790. The molecule has 0 saturated carbocycles. The minimum absolute atomic E-state index is 0.312. The van der Waals surface area contributed by atoms with Gasteiger partial charge in [-0.2, -0.15) is 0 Å². The van der Waals surface area contributed by atoms with Crippen LogP contribution in [0.4, 0.5) is 5.69 Å². The number of benzene rings is 1. The number of anilines is 1. The zero-order chi connectivity index (χ0) is 19.3. The standard InChI is InChI=1S/C20H34N2O2S2/c1-3-4-5-6-7-8-9-10-11-12-17-21-20(25)22-18-13-15-19(16-14-18)26(2,23)24/h13-16H,3-12,17H2,1-2H3,(H2,21,22,25). The smallest absolute Gasteiger partial charge is 0.175 e. The zero-order valence-electron chi connectivity index (χ0n) is 16.2. The molecule has 148 valence electrons. The van der Waals surface area contributed by atoms with Gasteiger partial charge in [0.05, 0.1) is 4.90 Å². The zero-order valence-corrected chi connectivity index (χ0v) is 17.9. The Morgan fingerprint density at radius 3 is 1.88 bits per heavy atom. The third kappa shape index (κ3) is 10.8. The van der Waals surface area contributed by atoms with Crippen LogP contribution in [-0.4, -0.2) is 26.3 Å². The third-order valence-corrected chi connectivity index (χ3v) is 5.73. The molecule has 26 heavy (non-hydrogen) atoms. The summed E-state index contributed by atoms with van der Waals surface area (Å²) in [5, 5.41) is 6.86. The summed E-state index contributed by atoms with van der Waals surface area (Å²) in [6, 6.07) is 6.63. The Bertz CT molecular complexity index is 613. The number of sulfone groups is 1. The van der Waals surface area contributed by atoms with Crippen molar-refractivity contribution < 1.29 is 8.42 Å². The number of nitrogens with one attached hydrogen (secondary N) is 2. The topological polar surface area (TPSA) is 58.2 Å². The minimum atomic E-state index is -3.16. The molecular formula is C20H34N2O2S2. The lowest BCUT2D eigenvalue weighted by molar-refractivity contribution is 0.555. The molecule has 0 aliphatic heterocycles. The first-order valence-corrected chi connectivity index (χ1v) is 12.1. The average molecular weight is 399 g/mol. The maximum atomic E-state index is 11.4. The fraction of sp³-hybridized carbons (Fsp3) is 0.650. The molecule has 0 fully saturated rings. The summed E-state index contributed by atoms with van der Waals surface area (Å²) >= 11 is 5.27. The summed E-state index contributed by atoms with van der Waals surface area (Å²) < 4.78 is 22.9. The molecule has 0 aliphatic rings. The lowest BCUT2D eigenvalue weighted by Gasteiger charge is -2.11. The summed E-state index contributed by atoms with van der Waals surface area (Å²) in [6.45, 7) is 3.12. The van der Waals surface area contributed by atoms with Gasteiger partial charge in [0.1, 0.15) is 0 Å². The van der Waals surface area contributed by atoms with Gasteiger partial charge in [0.15, 0.2) is 14.9 Å². The van der Waals surface area contributed by atoms with Gasteiger partial charge in [-0.25, -0.2) is 8.42 Å². The van der Waals surface area contributed by atoms with E-state index in [0.29, 0.717) is 10.0 Å². The van der Waals surface area contributed by atoms with Crippen LogP contribution in [0.15, 0.2) is 29.2 Å². The highest BCUT2D eigenvalue weighted by Crippen LogP contribution is 2.14. The minimum Gasteiger partial charge on any atom is -0.362 e. The van der Waals surface area contributed by atoms with Crippen molar-refractivity contribution in [3.05, 3.63) is 24.3 Å². The lowest BCUT2D eigenvalue weighted by Crippen LogP contribution is -2.29. The summed E-state index contributed by atoms with van der Waals surface area (Å²) in [6.07, 6.45) is 14.4. The van der Waals surface area contributed by atoms with E-state index in [9.17, 15) is 8.42 Å². The van der Waals surface area contributed by atoms with Crippen LogP contribution in [0.25, 0.3) is 0 Å². The predicted octanol–water partition coefficient (Wildman–Crippen LogP) is 5.30. The van der Waals surface area contributed by atoms with E-state index in [1.807, 2.05) is 0 Å². The monoisotopic (exact) mass is 398 g/mol. The van der Waals surface area contributed by atoms with Gasteiger partial charge in [-0.15, -0.1) is 0 Å². The van der Waals surface area contributed by atoms with Crippen LogP contribution >= 0.6 is 12.2 Å². The lowest BCUT2D eigenvalue weighted by atomic mass is 10.1. The van der Waals surface area contributed by atoms with Crippen molar-refractivity contribution in [2.24, 2.45) is 0 Å². The number of thiocarbonyl (C=S) groups is 1. The number of unbranched alkanes of at least 4 members (excludes halogenated alkanes) is 9. The van der Waals surface area contributed by atoms with Crippen LogP contribution in [0.1, 0.15) is 71.1 Å². The molecule has 0 amide bonds. The van der Waals surface area contributed by atoms with E-state index in [-0.39, 0.29) is 0 Å². The maximum absolute atomic E-state index is 11.4. The van der Waals surface area contributed by atoms with Gasteiger partial charge < -0.3 is 10.6 Å². The summed E-state index contributed by atoms with van der Waals surface area (Å²) in [7, 11) is -3.16. The van der Waals surface area contributed by atoms with Gasteiger partial charge in [-0.1, -0.05) is 64.7 Å². The van der Waals surface area contributed by atoms with E-state index < -0.39 is 9.84 Å². The first-order chi connectivity index (χ1) is 12.4. The average Bonchev–Trinajstić information content (AvgIpc) is 2.59. The number of rotatable bonds is 13. The molecule has 0 radical (unpaired) electrons. The molecule has 1 aromatic rings. The molecule has 0 atom stereocenters. The van der Waals surface area contributed by atoms with E-state index in [1.165, 1.54) is 64.0 Å². The van der Waals surface area contributed by atoms with Crippen molar-refractivity contribution in [3.8, 4) is 0 Å². The van der Waals surface area contributed by atoms with Gasteiger partial charge in [-0.05, 0) is 42.9 Å². The van der Waals surface area contributed by atoms with Crippen molar-refractivity contribution in [1.82, 2.24) is 5.32 Å². The molecule has 1 rings (SSSR count). The molecule has 0 aromatic heterocycles. The van der Waals surface area contributed by atoms with Gasteiger partial charge in [0.25, 0.3) is 0 Å². The molecule has 0 bridgehead atoms. The molecule has 0 heterocycles. The van der Waals surface area contributed by atoms with Gasteiger partial charge in [0, 0.05) is 18.5 Å². The largest absolute Gasteiger partial charge is 0.362 e. The van der Waals surface area contributed by atoms with Crippen LogP contribution < -0.4 is 10.6 Å². The van der Waals surface area contributed by atoms with Crippen LogP contribution in [0.3, 0.4) is 0 Å². The van der Waals surface area contributed by atoms with Crippen LogP contribution in [-0.2, 0) is 9.84 Å². The molecule has 4 nitrogen and oxygen atoms in total. The molecule has 1 aromatic carbocycles. The van der Waals surface area contributed by atoms with Gasteiger partial charge >= 0.3 is 0 Å². The van der Waals surface area contributed by atoms with E-state index in [4.69, 9.17) is 12.2 Å². The van der Waals surface area contributed by atoms with Crippen molar-refractivity contribution in [3.63, 3.8) is 0 Å². The highest BCUT2D eigenvalue weighted by molar-refractivity contribution is 7.90. The van der Waals surface area contributed by atoms with Crippen molar-refractivity contribution >= 4 is 32.9 Å². The molecule has 2 N–H and O–H groups in total. The van der Waals surface area contributed by atoms with Crippen molar-refractivity contribution in [2.45, 2.75) is 76.0 Å². The first-order valence-electron chi connectivity index (χ1n) is 9.78. The third-order valence-electron chi connectivity index (χ3n) is 4.36. The van der Waals surface area contributed by atoms with Gasteiger partial charge in [-0.3, -0.25) is 0 Å². The fourth-order valence-electron chi connectivity index (χ4n) is 2.78. The normalized spacial score (nSPS) is 11.3. The second-order valence-corrected chi connectivity index (χ2v) is 9.28. The SMILES string of the molecule is CCCCCCCCCCCCNC(=S)Nc1ccc(S(C)(=O)=O)cc1. The predicted molar refractivity (Wildman–Crippen MR) is 116 cm³/mol. The van der Waals surface area contributed by atoms with Crippen LogP contribution in [0, 0.1) is 0 Å². The Morgan fingerprint density at radius 1 is 0.885 bits per heavy atom. The number of hydrogen-bond donors (Lipinski definition) is 2. The Kier molecular flexibility index (Phi) is 11.5. The molecule has 0 saturated heterocycles. The molecular weight excluding hydrogens is 364 g/mol. The Labute approximate surface area is 165 Å². The van der Waals surface area contributed by atoms with E-state index in [1.54, 1.807) is 24.3 Å². The molecule has 0 unspecified atom stereocenters. The second kappa shape index (κ2) is 13.1. The summed E-state index contributed by atoms with van der Waals surface area (Å²) in [5.74, 6) is 0. The van der Waals surface area contributed by atoms with Crippen LogP contribution in [0.2, 0.25) is 0 Å². The van der Waals surface area contributed by atoms with Gasteiger partial charge in [0.2, 0.25) is 0 Å². The van der Waals surface area contributed by atoms with Crippen molar-refractivity contribution in [2.75, 3.05) is 18.1 Å². The van der Waals surface area contributed by atoms with E-state index in [0.717, 1.165) is 18.7 Å². The van der Waals surface area contributed by atoms with E-state index in [2.05, 4.69) is 17.6 Å². The van der Waals surface area contributed by atoms with E-state index >= 15 is 0 Å².